The lowest BCUT2D eigenvalue weighted by Gasteiger charge is -2.22. The lowest BCUT2D eigenvalue weighted by molar-refractivity contribution is 0.0748. The van der Waals surface area contributed by atoms with E-state index in [9.17, 15) is 4.79 Å². The van der Waals surface area contributed by atoms with E-state index in [1.807, 2.05) is 53.4 Å². The van der Waals surface area contributed by atoms with Crippen LogP contribution < -0.4 is 11.5 Å². The normalized spacial score (nSPS) is 11.4. The number of benzene rings is 4. The molecule has 0 radical (unpaired) electrons. The fourth-order valence-electron chi connectivity index (χ4n) is 6.41. The molecule has 47 heavy (non-hydrogen) atoms. The van der Waals surface area contributed by atoms with Gasteiger partial charge in [0.05, 0.1) is 11.0 Å². The number of hydrogen-bond donors (Lipinski definition) is 3. The zero-order valence-electron chi connectivity index (χ0n) is 27.9. The first-order valence-electron chi connectivity index (χ1n) is 17.4. The SMILES string of the molecule is CCCCCCCCCCn1c(CCc2ccc(C(=N)N)cc2)nc2cc(C(=O)N(CCN)Cc3ccc4ccccc4c3)ccc21. The Hall–Kier alpha value is -4.49. The van der Waals surface area contributed by atoms with E-state index in [1.54, 1.807) is 0 Å². The molecule has 7 heteroatoms. The topological polar surface area (TPSA) is 114 Å². The first-order chi connectivity index (χ1) is 23.0. The van der Waals surface area contributed by atoms with Crippen LogP contribution in [-0.2, 0) is 25.9 Å². The number of rotatable bonds is 18. The number of nitrogens with one attached hydrogen (secondary N) is 1. The summed E-state index contributed by atoms with van der Waals surface area (Å²) >= 11 is 0. The van der Waals surface area contributed by atoms with Crippen LogP contribution >= 0.6 is 0 Å². The van der Waals surface area contributed by atoms with Gasteiger partial charge in [0, 0.05) is 43.7 Å². The summed E-state index contributed by atoms with van der Waals surface area (Å²) in [4.78, 5) is 20.8. The number of imidazole rings is 1. The molecule has 7 nitrogen and oxygen atoms in total. The molecule has 5 rings (SSSR count). The second-order valence-corrected chi connectivity index (χ2v) is 12.7. The van der Waals surface area contributed by atoms with Gasteiger partial charge in [-0.05, 0) is 59.0 Å². The molecule has 0 fully saturated rings. The number of nitrogens with two attached hydrogens (primary N) is 2. The zero-order valence-corrected chi connectivity index (χ0v) is 27.9. The summed E-state index contributed by atoms with van der Waals surface area (Å²) in [6.07, 6.45) is 11.8. The minimum atomic E-state index is -0.0322. The van der Waals surface area contributed by atoms with E-state index in [0.29, 0.717) is 25.2 Å². The smallest absolute Gasteiger partial charge is 0.254 e. The molecule has 1 heterocycles. The van der Waals surface area contributed by atoms with E-state index in [2.05, 4.69) is 47.9 Å². The van der Waals surface area contributed by atoms with E-state index < -0.39 is 0 Å². The van der Waals surface area contributed by atoms with Crippen molar-refractivity contribution in [1.82, 2.24) is 14.5 Å². The van der Waals surface area contributed by atoms with E-state index in [0.717, 1.165) is 59.2 Å². The van der Waals surface area contributed by atoms with Gasteiger partial charge in [-0.15, -0.1) is 0 Å². The van der Waals surface area contributed by atoms with Crippen LogP contribution in [0.5, 0.6) is 0 Å². The van der Waals surface area contributed by atoms with Crippen molar-refractivity contribution in [2.45, 2.75) is 84.2 Å². The molecule has 1 amide bonds. The minimum absolute atomic E-state index is 0.0322. The van der Waals surface area contributed by atoms with Crippen molar-refractivity contribution in [3.8, 4) is 0 Å². The molecule has 5 N–H and O–H groups in total. The third-order valence-electron chi connectivity index (χ3n) is 9.09. The maximum Gasteiger partial charge on any atom is 0.254 e. The Bertz CT molecular complexity index is 1770. The maximum atomic E-state index is 13.9. The molecule has 0 atom stereocenters. The highest BCUT2D eigenvalue weighted by atomic mass is 16.2. The summed E-state index contributed by atoms with van der Waals surface area (Å²) < 4.78 is 2.36. The molecule has 0 unspecified atom stereocenters. The van der Waals surface area contributed by atoms with Crippen LogP contribution in [0.3, 0.4) is 0 Å². The lowest BCUT2D eigenvalue weighted by Crippen LogP contribution is -2.34. The van der Waals surface area contributed by atoms with Crippen molar-refractivity contribution in [2.24, 2.45) is 11.5 Å². The number of amides is 1. The summed E-state index contributed by atoms with van der Waals surface area (Å²) in [5.74, 6) is 1.09. The van der Waals surface area contributed by atoms with Crippen LogP contribution in [0.25, 0.3) is 21.8 Å². The Morgan fingerprint density at radius 3 is 2.19 bits per heavy atom. The Balaban J connectivity index is 1.34. The first kappa shape index (κ1) is 33.9. The summed E-state index contributed by atoms with van der Waals surface area (Å²) in [6, 6.07) is 28.5. The van der Waals surface area contributed by atoms with Crippen molar-refractivity contribution in [2.75, 3.05) is 13.1 Å². The number of carbonyl (C=O) groups excluding carboxylic acids is 1. The number of nitrogens with zero attached hydrogens (tertiary/aromatic N) is 3. The molecule has 0 saturated heterocycles. The average molecular weight is 631 g/mol. The van der Waals surface area contributed by atoms with Crippen molar-refractivity contribution >= 4 is 33.5 Å². The summed E-state index contributed by atoms with van der Waals surface area (Å²) in [7, 11) is 0. The van der Waals surface area contributed by atoms with Gasteiger partial charge in [-0.1, -0.05) is 113 Å². The van der Waals surface area contributed by atoms with Gasteiger partial charge in [0.1, 0.15) is 11.7 Å². The number of aryl methyl sites for hydroxylation is 3. The molecule has 4 aromatic carbocycles. The third kappa shape index (κ3) is 9.07. The number of nitrogen functional groups attached to an aromatic ring is 1. The number of aromatic nitrogens is 2. The van der Waals surface area contributed by atoms with E-state index in [1.165, 1.54) is 55.9 Å². The van der Waals surface area contributed by atoms with E-state index in [4.69, 9.17) is 21.9 Å². The number of unbranched alkanes of at least 4 members (excludes halogenated alkanes) is 7. The van der Waals surface area contributed by atoms with Gasteiger partial charge < -0.3 is 20.9 Å². The molecular formula is C40H50N6O. The molecule has 1 aromatic heterocycles. The van der Waals surface area contributed by atoms with Crippen molar-refractivity contribution in [1.29, 1.82) is 5.41 Å². The number of hydrogen-bond acceptors (Lipinski definition) is 4. The molecule has 0 spiro atoms. The Labute approximate surface area is 279 Å². The summed E-state index contributed by atoms with van der Waals surface area (Å²) in [5, 5.41) is 10.0. The third-order valence-corrected chi connectivity index (χ3v) is 9.09. The van der Waals surface area contributed by atoms with Crippen LogP contribution in [0, 0.1) is 5.41 Å². The number of amidine groups is 1. The molecule has 5 aromatic rings. The van der Waals surface area contributed by atoms with E-state index in [-0.39, 0.29) is 11.7 Å². The first-order valence-corrected chi connectivity index (χ1v) is 17.4. The van der Waals surface area contributed by atoms with Gasteiger partial charge in [-0.2, -0.15) is 0 Å². The van der Waals surface area contributed by atoms with Gasteiger partial charge in [0.15, 0.2) is 0 Å². The highest BCUT2D eigenvalue weighted by molar-refractivity contribution is 5.97. The lowest BCUT2D eigenvalue weighted by atomic mass is 10.1. The maximum absolute atomic E-state index is 13.9. The standard InChI is InChI=1S/C40H50N6O/c1-2-3-4-5-6-7-8-11-25-46-37-22-21-35(28-36(37)44-38(46)23-17-30-14-19-33(20-15-30)39(42)43)40(47)45(26-24-41)29-31-16-18-32-12-9-10-13-34(32)27-31/h9-10,12-16,18-22,27-28H,2-8,11,17,23-26,29,41H2,1H3,(H3,42,43). The van der Waals surface area contributed by atoms with Gasteiger partial charge in [0.25, 0.3) is 5.91 Å². The van der Waals surface area contributed by atoms with Gasteiger partial charge in [-0.25, -0.2) is 4.98 Å². The monoisotopic (exact) mass is 630 g/mol. The number of carbonyl (C=O) groups is 1. The van der Waals surface area contributed by atoms with E-state index >= 15 is 0 Å². The molecule has 0 aliphatic rings. The number of fused-ring (bicyclic) bond motifs is 2. The summed E-state index contributed by atoms with van der Waals surface area (Å²) in [6.45, 7) is 4.55. The fraction of sp³-hybridized carbons (Fsp3) is 0.375. The van der Waals surface area contributed by atoms with Crippen LogP contribution in [0.4, 0.5) is 0 Å². The van der Waals surface area contributed by atoms with Gasteiger partial charge in [0.2, 0.25) is 0 Å². The Morgan fingerprint density at radius 2 is 1.47 bits per heavy atom. The summed E-state index contributed by atoms with van der Waals surface area (Å²) in [5.41, 5.74) is 17.2. The minimum Gasteiger partial charge on any atom is -0.384 e. The Kier molecular flexibility index (Phi) is 12.2. The predicted molar refractivity (Wildman–Crippen MR) is 195 cm³/mol. The van der Waals surface area contributed by atoms with Crippen LogP contribution in [0.15, 0.2) is 84.9 Å². The van der Waals surface area contributed by atoms with Crippen LogP contribution in [-0.4, -0.2) is 39.3 Å². The van der Waals surface area contributed by atoms with Crippen molar-refractivity contribution < 1.29 is 4.79 Å². The fourth-order valence-corrected chi connectivity index (χ4v) is 6.41. The molecule has 0 bridgehead atoms. The Morgan fingerprint density at radius 1 is 0.787 bits per heavy atom. The van der Waals surface area contributed by atoms with Crippen molar-refractivity contribution in [3.63, 3.8) is 0 Å². The second-order valence-electron chi connectivity index (χ2n) is 12.7. The zero-order chi connectivity index (χ0) is 33.0. The van der Waals surface area contributed by atoms with Gasteiger partial charge >= 0.3 is 0 Å². The van der Waals surface area contributed by atoms with Gasteiger partial charge in [-0.3, -0.25) is 10.2 Å². The quantitative estimate of drug-likeness (QED) is 0.0517. The highest BCUT2D eigenvalue weighted by Gasteiger charge is 2.19. The molecule has 246 valence electrons. The molecule has 0 saturated carbocycles. The molecule has 0 aliphatic heterocycles. The van der Waals surface area contributed by atoms with Crippen LogP contribution in [0.1, 0.15) is 91.2 Å². The second kappa shape index (κ2) is 16.9. The average Bonchev–Trinajstić information content (AvgIpc) is 3.44. The van der Waals surface area contributed by atoms with Crippen molar-refractivity contribution in [3.05, 3.63) is 113 Å². The highest BCUT2D eigenvalue weighted by Crippen LogP contribution is 2.23. The molecule has 0 aliphatic carbocycles. The largest absolute Gasteiger partial charge is 0.384 e. The predicted octanol–water partition coefficient (Wildman–Crippen LogP) is 8.00. The molecular weight excluding hydrogens is 580 g/mol. The van der Waals surface area contributed by atoms with Crippen LogP contribution in [0.2, 0.25) is 0 Å².